The molecule has 0 fully saturated rings. The molecule has 1 aromatic rings. The largest absolute Gasteiger partial charge is 0.476 e. The first-order chi connectivity index (χ1) is 7.44. The van der Waals surface area contributed by atoms with Gasteiger partial charge in [0, 0.05) is 6.20 Å². The lowest BCUT2D eigenvalue weighted by atomic mass is 10.3. The zero-order valence-corrected chi connectivity index (χ0v) is 8.64. The normalized spacial score (nSPS) is 10.9. The molecule has 0 aliphatic carbocycles. The number of halogens is 4. The van der Waals surface area contributed by atoms with Gasteiger partial charge >= 0.3 is 6.18 Å². The smallest absolute Gasteiger partial charge is 0.392 e. The van der Waals surface area contributed by atoms with Gasteiger partial charge in [-0.25, -0.2) is 4.98 Å². The fourth-order valence-electron chi connectivity index (χ4n) is 0.875. The van der Waals surface area contributed by atoms with Crippen molar-refractivity contribution < 1.29 is 17.9 Å². The number of nitriles is 1. The number of hydrogen-bond acceptors (Lipinski definition) is 3. The Bertz CT molecular complexity index is 414. The second-order valence-corrected chi connectivity index (χ2v) is 3.18. The Labute approximate surface area is 94.4 Å². The molecular weight excluding hydrogens is 245 g/mol. The van der Waals surface area contributed by atoms with Crippen LogP contribution in [0, 0.1) is 11.3 Å². The van der Waals surface area contributed by atoms with E-state index in [-0.39, 0.29) is 16.5 Å². The van der Waals surface area contributed by atoms with Crippen molar-refractivity contribution >= 4 is 11.6 Å². The van der Waals surface area contributed by atoms with Crippen molar-refractivity contribution in [3.63, 3.8) is 0 Å². The molecule has 0 unspecified atom stereocenters. The summed E-state index contributed by atoms with van der Waals surface area (Å²) < 4.78 is 40.2. The molecule has 7 heteroatoms. The summed E-state index contributed by atoms with van der Waals surface area (Å²) in [5, 5.41) is 8.52. The zero-order valence-electron chi connectivity index (χ0n) is 7.88. The lowest BCUT2D eigenvalue weighted by molar-refractivity contribution is -0.139. The van der Waals surface area contributed by atoms with Crippen LogP contribution in [0.15, 0.2) is 12.3 Å². The molecule has 0 amide bonds. The van der Waals surface area contributed by atoms with Crippen molar-refractivity contribution in [2.75, 3.05) is 6.61 Å². The molecule has 0 saturated carbocycles. The van der Waals surface area contributed by atoms with E-state index in [9.17, 15) is 13.2 Å². The minimum atomic E-state index is -4.29. The second-order valence-electron chi connectivity index (χ2n) is 2.80. The van der Waals surface area contributed by atoms with E-state index in [1.54, 1.807) is 6.07 Å². The first kappa shape index (κ1) is 12.6. The maximum Gasteiger partial charge on any atom is 0.392 e. The molecule has 86 valence electrons. The van der Waals surface area contributed by atoms with Gasteiger partial charge in [0.15, 0.2) is 0 Å². The molecule has 0 bridgehead atoms. The molecule has 0 atom stereocenters. The lowest BCUT2D eigenvalue weighted by Crippen LogP contribution is -2.13. The van der Waals surface area contributed by atoms with E-state index in [0.717, 1.165) is 0 Å². The van der Waals surface area contributed by atoms with Crippen LogP contribution in [0.4, 0.5) is 13.2 Å². The lowest BCUT2D eigenvalue weighted by Gasteiger charge is -2.09. The van der Waals surface area contributed by atoms with Crippen molar-refractivity contribution in [2.24, 2.45) is 0 Å². The van der Waals surface area contributed by atoms with E-state index in [0.29, 0.717) is 0 Å². The van der Waals surface area contributed by atoms with Crippen LogP contribution >= 0.6 is 11.6 Å². The summed E-state index contributed by atoms with van der Waals surface area (Å²) in [7, 11) is 0. The highest BCUT2D eigenvalue weighted by Gasteiger charge is 2.27. The van der Waals surface area contributed by atoms with Gasteiger partial charge in [0.05, 0.1) is 18.6 Å². The zero-order chi connectivity index (χ0) is 12.2. The van der Waals surface area contributed by atoms with Crippen molar-refractivity contribution in [3.8, 4) is 11.9 Å². The minimum absolute atomic E-state index is 0.0767. The highest BCUT2D eigenvalue weighted by Crippen LogP contribution is 2.26. The van der Waals surface area contributed by atoms with Gasteiger partial charge in [-0.2, -0.15) is 18.4 Å². The fraction of sp³-hybridized carbons (Fsp3) is 0.333. The predicted molar refractivity (Wildman–Crippen MR) is 50.1 cm³/mol. The van der Waals surface area contributed by atoms with Crippen LogP contribution < -0.4 is 4.74 Å². The molecule has 3 nitrogen and oxygen atoms in total. The van der Waals surface area contributed by atoms with Gasteiger partial charge in [0.1, 0.15) is 11.1 Å². The van der Waals surface area contributed by atoms with Crippen LogP contribution in [-0.2, 0) is 0 Å². The van der Waals surface area contributed by atoms with Crippen LogP contribution in [0.2, 0.25) is 5.02 Å². The van der Waals surface area contributed by atoms with Gasteiger partial charge in [0.25, 0.3) is 0 Å². The van der Waals surface area contributed by atoms with Crippen LogP contribution in [0.5, 0.6) is 5.88 Å². The second kappa shape index (κ2) is 5.03. The quantitative estimate of drug-likeness (QED) is 0.829. The summed E-state index contributed by atoms with van der Waals surface area (Å²) >= 11 is 5.67. The predicted octanol–water partition coefficient (Wildman–Crippen LogP) is 2.94. The molecule has 0 aromatic carbocycles. The van der Waals surface area contributed by atoms with Crippen molar-refractivity contribution in [3.05, 3.63) is 22.8 Å². The average molecular weight is 251 g/mol. The molecule has 0 N–H and O–H groups in total. The molecule has 1 aromatic heterocycles. The number of rotatable bonds is 3. The molecule has 1 rings (SSSR count). The van der Waals surface area contributed by atoms with Gasteiger partial charge in [-0.05, 0) is 6.07 Å². The number of hydrogen-bond donors (Lipinski definition) is 0. The Morgan fingerprint density at radius 3 is 2.75 bits per heavy atom. The number of alkyl halides is 3. The van der Waals surface area contributed by atoms with Gasteiger partial charge in [-0.3, -0.25) is 0 Å². The standard InChI is InChI=1S/C9H6ClF3N2O/c10-7-6(5-14)1-3-15-8(7)16-4-2-9(11,12)13/h1,3H,2,4H2. The van der Waals surface area contributed by atoms with Gasteiger partial charge in [-0.1, -0.05) is 11.6 Å². The van der Waals surface area contributed by atoms with E-state index < -0.39 is 19.2 Å². The summed E-state index contributed by atoms with van der Waals surface area (Å²) in [4.78, 5) is 3.63. The summed E-state index contributed by atoms with van der Waals surface area (Å²) in [6.45, 7) is -0.578. The molecule has 0 aliphatic rings. The molecule has 0 aliphatic heterocycles. The molecule has 1 heterocycles. The highest BCUT2D eigenvalue weighted by atomic mass is 35.5. The van der Waals surface area contributed by atoms with E-state index in [1.165, 1.54) is 12.3 Å². The van der Waals surface area contributed by atoms with Crippen LogP contribution in [0.3, 0.4) is 0 Å². The number of nitrogens with zero attached hydrogens (tertiary/aromatic N) is 2. The first-order valence-electron chi connectivity index (χ1n) is 4.18. The van der Waals surface area contributed by atoms with Gasteiger partial charge in [0.2, 0.25) is 5.88 Å². The third-order valence-corrected chi connectivity index (χ3v) is 1.97. The Morgan fingerprint density at radius 1 is 1.50 bits per heavy atom. The summed E-state index contributed by atoms with van der Waals surface area (Å²) in [5.74, 6) is -0.162. The molecule has 0 spiro atoms. The summed E-state index contributed by atoms with van der Waals surface area (Å²) in [6.07, 6.45) is -4.14. The number of ether oxygens (including phenoxy) is 1. The SMILES string of the molecule is N#Cc1ccnc(OCCC(F)(F)F)c1Cl. The van der Waals surface area contributed by atoms with E-state index in [1.807, 2.05) is 0 Å². The van der Waals surface area contributed by atoms with E-state index in [2.05, 4.69) is 4.98 Å². The van der Waals surface area contributed by atoms with Crippen molar-refractivity contribution in [2.45, 2.75) is 12.6 Å². The Hall–Kier alpha value is -1.48. The third kappa shape index (κ3) is 3.59. The van der Waals surface area contributed by atoms with Crippen molar-refractivity contribution in [1.29, 1.82) is 5.26 Å². The Morgan fingerprint density at radius 2 is 2.19 bits per heavy atom. The highest BCUT2D eigenvalue weighted by molar-refractivity contribution is 6.32. The van der Waals surface area contributed by atoms with E-state index in [4.69, 9.17) is 21.6 Å². The molecule has 16 heavy (non-hydrogen) atoms. The molecule has 0 saturated heterocycles. The van der Waals surface area contributed by atoms with Crippen LogP contribution in [0.1, 0.15) is 12.0 Å². The van der Waals surface area contributed by atoms with Crippen LogP contribution in [-0.4, -0.2) is 17.8 Å². The van der Waals surface area contributed by atoms with Gasteiger partial charge < -0.3 is 4.74 Å². The first-order valence-corrected chi connectivity index (χ1v) is 4.56. The van der Waals surface area contributed by atoms with E-state index >= 15 is 0 Å². The summed E-state index contributed by atoms with van der Waals surface area (Å²) in [6, 6.07) is 3.11. The van der Waals surface area contributed by atoms with Crippen LogP contribution in [0.25, 0.3) is 0 Å². The topological polar surface area (TPSA) is 45.9 Å². The number of aromatic nitrogens is 1. The summed E-state index contributed by atoms with van der Waals surface area (Å²) in [5.41, 5.74) is 0.110. The number of pyridine rings is 1. The molecule has 0 radical (unpaired) electrons. The average Bonchev–Trinajstić information content (AvgIpc) is 2.19. The monoisotopic (exact) mass is 250 g/mol. The minimum Gasteiger partial charge on any atom is -0.476 e. The van der Waals surface area contributed by atoms with Gasteiger partial charge in [-0.15, -0.1) is 0 Å². The Kier molecular flexibility index (Phi) is 3.96. The maximum absolute atomic E-state index is 11.8. The Balaban J connectivity index is 2.65. The van der Waals surface area contributed by atoms with Crippen molar-refractivity contribution in [1.82, 2.24) is 4.98 Å². The molecular formula is C9H6ClF3N2O. The fourth-order valence-corrected chi connectivity index (χ4v) is 1.08. The maximum atomic E-state index is 11.8. The third-order valence-electron chi connectivity index (χ3n) is 1.60.